The van der Waals surface area contributed by atoms with Crippen molar-refractivity contribution in [3.8, 4) is 0 Å². The molecule has 0 N–H and O–H groups in total. The normalized spacial score (nSPS) is 12.0. The highest BCUT2D eigenvalue weighted by molar-refractivity contribution is 9.10. The van der Waals surface area contributed by atoms with Gasteiger partial charge >= 0.3 is 5.63 Å². The quantitative estimate of drug-likeness (QED) is 0.479. The maximum atomic E-state index is 12.7. The Morgan fingerprint density at radius 2 is 1.71 bits per heavy atom. The van der Waals surface area contributed by atoms with Crippen molar-refractivity contribution in [1.29, 1.82) is 0 Å². The fourth-order valence-electron chi connectivity index (χ4n) is 2.45. The van der Waals surface area contributed by atoms with Crippen molar-refractivity contribution < 1.29 is 12.8 Å². The van der Waals surface area contributed by atoms with Gasteiger partial charge in [-0.05, 0) is 36.4 Å². The molecule has 0 spiro atoms. The summed E-state index contributed by atoms with van der Waals surface area (Å²) in [5.74, 6) is 0. The van der Waals surface area contributed by atoms with E-state index >= 15 is 0 Å². The Labute approximate surface area is 144 Å². The van der Waals surface area contributed by atoms with Crippen LogP contribution in [0, 0.1) is 0 Å². The maximum absolute atomic E-state index is 12.7. The molecule has 4 rings (SSSR count). The molecular formula is C16H9BrN2O4S. The van der Waals surface area contributed by atoms with Gasteiger partial charge < -0.3 is 4.42 Å². The molecule has 24 heavy (non-hydrogen) atoms. The molecule has 0 radical (unpaired) electrons. The molecule has 8 heteroatoms. The average molecular weight is 405 g/mol. The van der Waals surface area contributed by atoms with Gasteiger partial charge in [-0.1, -0.05) is 28.1 Å². The fraction of sp³-hybridized carbons (Fsp3) is 0. The van der Waals surface area contributed by atoms with E-state index in [0.717, 1.165) is 8.56 Å². The van der Waals surface area contributed by atoms with Crippen LogP contribution in [-0.2, 0) is 10.0 Å². The minimum Gasteiger partial charge on any atom is -0.422 e. The second-order valence-electron chi connectivity index (χ2n) is 5.11. The minimum absolute atomic E-state index is 0.0761. The fourth-order valence-corrected chi connectivity index (χ4v) is 3.84. The maximum Gasteiger partial charge on any atom is 0.347 e. The summed E-state index contributed by atoms with van der Waals surface area (Å²) >= 11 is 3.26. The smallest absolute Gasteiger partial charge is 0.347 e. The molecule has 0 saturated carbocycles. The molecule has 0 amide bonds. The zero-order valence-electron chi connectivity index (χ0n) is 12.0. The second kappa shape index (κ2) is 5.29. The molecule has 6 nitrogen and oxygen atoms in total. The van der Waals surface area contributed by atoms with Gasteiger partial charge in [-0.25, -0.2) is 4.79 Å². The summed E-state index contributed by atoms with van der Waals surface area (Å²) in [6, 6.07) is 13.0. The molecule has 0 aliphatic heterocycles. The number of fused-ring (bicyclic) bond motifs is 3. The highest BCUT2D eigenvalue weighted by atomic mass is 79.9. The zero-order chi connectivity index (χ0) is 16.9. The third-order valence-corrected chi connectivity index (χ3v) is 5.69. The molecule has 0 unspecified atom stereocenters. The number of hydrogen-bond donors (Lipinski definition) is 0. The van der Waals surface area contributed by atoms with Crippen molar-refractivity contribution in [2.75, 3.05) is 0 Å². The summed E-state index contributed by atoms with van der Waals surface area (Å²) in [5.41, 5.74) is 0.0322. The van der Waals surface area contributed by atoms with Gasteiger partial charge in [0.2, 0.25) is 0 Å². The minimum atomic E-state index is -3.90. The standard InChI is InChI=1S/C16H9BrN2O4S/c17-10-5-7-11(8-6-10)24(21,22)19-9-13-15(18-19)12-3-1-2-4-14(12)23-16(13)20/h1-9H. The first kappa shape index (κ1) is 15.1. The van der Waals surface area contributed by atoms with Gasteiger partial charge in [0.25, 0.3) is 10.0 Å². The topological polar surface area (TPSA) is 82.2 Å². The van der Waals surface area contributed by atoms with E-state index in [1.807, 2.05) is 0 Å². The van der Waals surface area contributed by atoms with Crippen molar-refractivity contribution in [3.05, 3.63) is 69.6 Å². The molecule has 0 aliphatic rings. The second-order valence-corrected chi connectivity index (χ2v) is 7.82. The Kier molecular flexibility index (Phi) is 3.33. The Morgan fingerprint density at radius 3 is 2.46 bits per heavy atom. The summed E-state index contributed by atoms with van der Waals surface area (Å²) in [4.78, 5) is 12.2. The highest BCUT2D eigenvalue weighted by Crippen LogP contribution is 2.23. The predicted octanol–water partition coefficient (Wildman–Crippen LogP) is 3.14. The SMILES string of the molecule is O=c1oc2ccccc2c2nn(S(=O)(=O)c3ccc(Br)cc3)cc12. The first-order valence-electron chi connectivity index (χ1n) is 6.89. The van der Waals surface area contributed by atoms with Gasteiger partial charge in [0, 0.05) is 9.86 Å². The van der Waals surface area contributed by atoms with E-state index in [2.05, 4.69) is 21.0 Å². The van der Waals surface area contributed by atoms with Crippen LogP contribution in [0.25, 0.3) is 21.9 Å². The van der Waals surface area contributed by atoms with Crippen molar-refractivity contribution >= 4 is 47.8 Å². The summed E-state index contributed by atoms with van der Waals surface area (Å²) < 4.78 is 32.2. The van der Waals surface area contributed by atoms with Crippen molar-refractivity contribution in [3.63, 3.8) is 0 Å². The van der Waals surface area contributed by atoms with Gasteiger partial charge in [0.05, 0.1) is 11.1 Å². The Balaban J connectivity index is 2.01. The number of para-hydroxylation sites is 1. The largest absolute Gasteiger partial charge is 0.422 e. The van der Waals surface area contributed by atoms with Crippen molar-refractivity contribution in [2.45, 2.75) is 4.90 Å². The predicted molar refractivity (Wildman–Crippen MR) is 92.5 cm³/mol. The number of hydrogen-bond acceptors (Lipinski definition) is 5. The molecule has 0 atom stereocenters. The van der Waals surface area contributed by atoms with Gasteiger partial charge in [-0.2, -0.15) is 17.6 Å². The molecule has 0 saturated heterocycles. The van der Waals surface area contributed by atoms with Crippen LogP contribution >= 0.6 is 15.9 Å². The number of nitrogens with zero attached hydrogens (tertiary/aromatic N) is 2. The molecule has 120 valence electrons. The van der Waals surface area contributed by atoms with Gasteiger partial charge in [-0.15, -0.1) is 0 Å². The van der Waals surface area contributed by atoms with Crippen LogP contribution in [0.4, 0.5) is 0 Å². The summed E-state index contributed by atoms with van der Waals surface area (Å²) in [5, 5.41) is 4.83. The van der Waals surface area contributed by atoms with E-state index in [1.54, 1.807) is 36.4 Å². The van der Waals surface area contributed by atoms with Crippen LogP contribution in [0.2, 0.25) is 0 Å². The summed E-state index contributed by atoms with van der Waals surface area (Å²) in [7, 11) is -3.90. The van der Waals surface area contributed by atoms with Crippen LogP contribution in [-0.4, -0.2) is 17.6 Å². The van der Waals surface area contributed by atoms with E-state index < -0.39 is 15.6 Å². The van der Waals surface area contributed by atoms with Crippen LogP contribution in [0.15, 0.2) is 73.3 Å². The highest BCUT2D eigenvalue weighted by Gasteiger charge is 2.21. The zero-order valence-corrected chi connectivity index (χ0v) is 14.4. The first-order chi connectivity index (χ1) is 11.5. The molecule has 4 aromatic rings. The average Bonchev–Trinajstić information content (AvgIpc) is 3.02. The lowest BCUT2D eigenvalue weighted by Gasteiger charge is -2.03. The molecule has 2 aromatic carbocycles. The lowest BCUT2D eigenvalue weighted by atomic mass is 10.2. The monoisotopic (exact) mass is 404 g/mol. The van der Waals surface area contributed by atoms with Crippen molar-refractivity contribution in [1.82, 2.24) is 9.19 Å². The van der Waals surface area contributed by atoms with Gasteiger partial charge in [-0.3, -0.25) is 0 Å². The lowest BCUT2D eigenvalue weighted by molar-refractivity contribution is 0.569. The van der Waals surface area contributed by atoms with E-state index in [0.29, 0.717) is 16.5 Å². The van der Waals surface area contributed by atoms with E-state index in [-0.39, 0.29) is 10.3 Å². The summed E-state index contributed by atoms with van der Waals surface area (Å²) in [6.45, 7) is 0. The Bertz CT molecular complexity index is 1240. The molecule has 0 fully saturated rings. The van der Waals surface area contributed by atoms with E-state index in [9.17, 15) is 13.2 Å². The lowest BCUT2D eigenvalue weighted by Crippen LogP contribution is -2.13. The van der Waals surface area contributed by atoms with Gasteiger partial charge in [0.15, 0.2) is 0 Å². The molecule has 0 bridgehead atoms. The van der Waals surface area contributed by atoms with Crippen LogP contribution in [0.3, 0.4) is 0 Å². The number of aromatic nitrogens is 2. The molecule has 2 heterocycles. The third-order valence-electron chi connectivity index (χ3n) is 3.62. The van der Waals surface area contributed by atoms with E-state index in [4.69, 9.17) is 4.42 Å². The Morgan fingerprint density at radius 1 is 1.00 bits per heavy atom. The number of benzene rings is 2. The molecule has 0 aliphatic carbocycles. The number of rotatable bonds is 2. The molecule has 2 aromatic heterocycles. The van der Waals surface area contributed by atoms with Crippen LogP contribution in [0.5, 0.6) is 0 Å². The molecular weight excluding hydrogens is 396 g/mol. The van der Waals surface area contributed by atoms with Gasteiger partial charge in [0.1, 0.15) is 16.5 Å². The van der Waals surface area contributed by atoms with E-state index in [1.165, 1.54) is 18.3 Å². The Hall–Kier alpha value is -2.45. The first-order valence-corrected chi connectivity index (χ1v) is 9.12. The number of halogens is 1. The summed E-state index contributed by atoms with van der Waals surface area (Å²) in [6.07, 6.45) is 1.19. The third kappa shape index (κ3) is 2.26. The van der Waals surface area contributed by atoms with Crippen LogP contribution < -0.4 is 5.63 Å². The van der Waals surface area contributed by atoms with Crippen LogP contribution in [0.1, 0.15) is 0 Å². The van der Waals surface area contributed by atoms with Crippen molar-refractivity contribution in [2.24, 2.45) is 0 Å².